The fourth-order valence-electron chi connectivity index (χ4n) is 3.67. The number of fused-ring (bicyclic) bond motifs is 1. The number of hydrogen-bond acceptors (Lipinski definition) is 4. The van der Waals surface area contributed by atoms with Crippen molar-refractivity contribution in [1.29, 1.82) is 0 Å². The van der Waals surface area contributed by atoms with Crippen molar-refractivity contribution in [1.82, 2.24) is 19.8 Å². The van der Waals surface area contributed by atoms with Crippen molar-refractivity contribution in [3.63, 3.8) is 0 Å². The highest BCUT2D eigenvalue weighted by Crippen LogP contribution is 2.19. The third-order valence-corrected chi connectivity index (χ3v) is 5.03. The van der Waals surface area contributed by atoms with Crippen molar-refractivity contribution in [2.24, 2.45) is 0 Å². The van der Waals surface area contributed by atoms with Gasteiger partial charge in [0.05, 0.1) is 30.0 Å². The first-order chi connectivity index (χ1) is 11.9. The van der Waals surface area contributed by atoms with E-state index in [0.29, 0.717) is 13.1 Å². The molecule has 6 nitrogen and oxygen atoms in total. The number of imidazole rings is 1. The van der Waals surface area contributed by atoms with E-state index in [1.807, 2.05) is 10.9 Å². The summed E-state index contributed by atoms with van der Waals surface area (Å²) in [6, 6.07) is 4.42. The summed E-state index contributed by atoms with van der Waals surface area (Å²) in [5, 5.41) is 13.5. The Labute approximate surface area is 148 Å². The van der Waals surface area contributed by atoms with Gasteiger partial charge in [0.2, 0.25) is 5.91 Å². The SMILES string of the molecule is CC(=O)NC1CCCN(CC(O)Cn2cnc3cc(C)c(C)cc32)C1. The molecule has 2 unspecified atom stereocenters. The van der Waals surface area contributed by atoms with Crippen LogP contribution in [-0.2, 0) is 11.3 Å². The minimum Gasteiger partial charge on any atom is -0.390 e. The molecule has 1 amide bonds. The summed E-state index contributed by atoms with van der Waals surface area (Å²) in [5.41, 5.74) is 4.50. The van der Waals surface area contributed by atoms with Gasteiger partial charge in [0, 0.05) is 26.1 Å². The quantitative estimate of drug-likeness (QED) is 0.865. The van der Waals surface area contributed by atoms with Crippen LogP contribution in [0.15, 0.2) is 18.5 Å². The maximum absolute atomic E-state index is 11.2. The van der Waals surface area contributed by atoms with Crippen LogP contribution in [-0.4, -0.2) is 57.2 Å². The first-order valence-corrected chi connectivity index (χ1v) is 9.02. The molecule has 2 heterocycles. The van der Waals surface area contributed by atoms with Gasteiger partial charge < -0.3 is 15.0 Å². The molecule has 3 rings (SSSR count). The largest absolute Gasteiger partial charge is 0.390 e. The first kappa shape index (κ1) is 17.9. The van der Waals surface area contributed by atoms with Gasteiger partial charge >= 0.3 is 0 Å². The van der Waals surface area contributed by atoms with Crippen molar-refractivity contribution in [3.05, 3.63) is 29.6 Å². The minimum atomic E-state index is -0.463. The molecule has 25 heavy (non-hydrogen) atoms. The van der Waals surface area contributed by atoms with E-state index in [-0.39, 0.29) is 11.9 Å². The predicted octanol–water partition coefficient (Wildman–Crippen LogP) is 1.61. The Morgan fingerprint density at radius 3 is 2.88 bits per heavy atom. The number of carbonyl (C=O) groups is 1. The molecular formula is C19H28N4O2. The van der Waals surface area contributed by atoms with E-state index in [9.17, 15) is 9.90 Å². The molecule has 1 saturated heterocycles. The number of benzene rings is 1. The van der Waals surface area contributed by atoms with Gasteiger partial charge in [0.1, 0.15) is 0 Å². The lowest BCUT2D eigenvalue weighted by molar-refractivity contribution is -0.120. The molecule has 1 aromatic heterocycles. The highest BCUT2D eigenvalue weighted by Gasteiger charge is 2.22. The maximum Gasteiger partial charge on any atom is 0.217 e. The summed E-state index contributed by atoms with van der Waals surface area (Å²) >= 11 is 0. The number of likely N-dealkylation sites (tertiary alicyclic amines) is 1. The average molecular weight is 344 g/mol. The van der Waals surface area contributed by atoms with Crippen LogP contribution in [0.3, 0.4) is 0 Å². The molecule has 1 aliphatic rings. The molecular weight excluding hydrogens is 316 g/mol. The van der Waals surface area contributed by atoms with Gasteiger partial charge in [-0.15, -0.1) is 0 Å². The van der Waals surface area contributed by atoms with Crippen molar-refractivity contribution in [2.75, 3.05) is 19.6 Å². The number of nitrogens with zero attached hydrogens (tertiary/aromatic N) is 3. The van der Waals surface area contributed by atoms with Gasteiger partial charge in [-0.1, -0.05) is 0 Å². The number of aliphatic hydroxyl groups is 1. The Morgan fingerprint density at radius 2 is 2.12 bits per heavy atom. The molecule has 0 saturated carbocycles. The molecule has 0 aliphatic carbocycles. The van der Waals surface area contributed by atoms with E-state index in [0.717, 1.165) is 37.0 Å². The van der Waals surface area contributed by atoms with Gasteiger partial charge in [-0.25, -0.2) is 4.98 Å². The summed E-state index contributed by atoms with van der Waals surface area (Å²) in [6.07, 6.45) is 3.40. The number of β-amino-alcohol motifs (C(OH)–C–C–N with tert-alkyl or cyclic N) is 1. The zero-order chi connectivity index (χ0) is 18.0. The summed E-state index contributed by atoms with van der Waals surface area (Å²) in [4.78, 5) is 17.9. The molecule has 6 heteroatoms. The normalized spacial score (nSPS) is 19.9. The van der Waals surface area contributed by atoms with E-state index in [1.165, 1.54) is 11.1 Å². The summed E-state index contributed by atoms with van der Waals surface area (Å²) < 4.78 is 2.03. The monoisotopic (exact) mass is 344 g/mol. The average Bonchev–Trinajstić information content (AvgIpc) is 2.89. The van der Waals surface area contributed by atoms with Crippen LogP contribution in [0.5, 0.6) is 0 Å². The van der Waals surface area contributed by atoms with Crippen molar-refractivity contribution < 1.29 is 9.90 Å². The van der Waals surface area contributed by atoms with Gasteiger partial charge in [-0.2, -0.15) is 0 Å². The van der Waals surface area contributed by atoms with Crippen LogP contribution in [0.1, 0.15) is 30.9 Å². The number of nitrogens with one attached hydrogen (secondary N) is 1. The van der Waals surface area contributed by atoms with Crippen LogP contribution >= 0.6 is 0 Å². The third kappa shape index (κ3) is 4.38. The molecule has 136 valence electrons. The van der Waals surface area contributed by atoms with Crippen LogP contribution < -0.4 is 5.32 Å². The van der Waals surface area contributed by atoms with E-state index in [2.05, 4.69) is 41.2 Å². The lowest BCUT2D eigenvalue weighted by Crippen LogP contribution is -2.49. The van der Waals surface area contributed by atoms with Crippen LogP contribution in [0.25, 0.3) is 11.0 Å². The number of aliphatic hydroxyl groups excluding tert-OH is 1. The Kier molecular flexibility index (Phi) is 5.39. The molecule has 0 spiro atoms. The zero-order valence-electron chi connectivity index (χ0n) is 15.3. The Bertz CT molecular complexity index is 755. The number of aromatic nitrogens is 2. The van der Waals surface area contributed by atoms with Gasteiger partial charge in [-0.3, -0.25) is 9.69 Å². The van der Waals surface area contributed by atoms with Gasteiger partial charge in [0.15, 0.2) is 0 Å². The zero-order valence-corrected chi connectivity index (χ0v) is 15.3. The predicted molar refractivity (Wildman–Crippen MR) is 98.5 cm³/mol. The van der Waals surface area contributed by atoms with Crippen LogP contribution in [0.2, 0.25) is 0 Å². The number of rotatable bonds is 5. The summed E-state index contributed by atoms with van der Waals surface area (Å²) in [6.45, 7) is 8.65. The lowest BCUT2D eigenvalue weighted by Gasteiger charge is -2.34. The Morgan fingerprint density at radius 1 is 1.36 bits per heavy atom. The molecule has 0 bridgehead atoms. The van der Waals surface area contributed by atoms with E-state index < -0.39 is 6.10 Å². The second-order valence-corrected chi connectivity index (χ2v) is 7.28. The van der Waals surface area contributed by atoms with E-state index in [4.69, 9.17) is 0 Å². The molecule has 0 radical (unpaired) electrons. The number of aryl methyl sites for hydroxylation is 2. The number of piperidine rings is 1. The minimum absolute atomic E-state index is 0.0166. The lowest BCUT2D eigenvalue weighted by atomic mass is 10.1. The van der Waals surface area contributed by atoms with Crippen LogP contribution in [0, 0.1) is 13.8 Å². The number of amides is 1. The molecule has 1 aromatic carbocycles. The number of carbonyl (C=O) groups excluding carboxylic acids is 1. The fourth-order valence-corrected chi connectivity index (χ4v) is 3.67. The van der Waals surface area contributed by atoms with E-state index >= 15 is 0 Å². The first-order valence-electron chi connectivity index (χ1n) is 9.02. The van der Waals surface area contributed by atoms with E-state index in [1.54, 1.807) is 6.92 Å². The van der Waals surface area contributed by atoms with Crippen molar-refractivity contribution in [3.8, 4) is 0 Å². The van der Waals surface area contributed by atoms with Crippen molar-refractivity contribution >= 4 is 16.9 Å². The number of hydrogen-bond donors (Lipinski definition) is 2. The molecule has 2 atom stereocenters. The van der Waals surface area contributed by atoms with Crippen molar-refractivity contribution in [2.45, 2.75) is 52.3 Å². The highest BCUT2D eigenvalue weighted by molar-refractivity contribution is 5.77. The van der Waals surface area contributed by atoms with Gasteiger partial charge in [-0.05, 0) is 56.5 Å². The maximum atomic E-state index is 11.2. The molecule has 1 aliphatic heterocycles. The summed E-state index contributed by atoms with van der Waals surface area (Å²) in [5.74, 6) is 0.0166. The molecule has 2 N–H and O–H groups in total. The third-order valence-electron chi connectivity index (χ3n) is 5.03. The summed E-state index contributed by atoms with van der Waals surface area (Å²) in [7, 11) is 0. The second kappa shape index (κ2) is 7.54. The fraction of sp³-hybridized carbons (Fsp3) is 0.579. The highest BCUT2D eigenvalue weighted by atomic mass is 16.3. The Hall–Kier alpha value is -1.92. The van der Waals surface area contributed by atoms with Crippen LogP contribution in [0.4, 0.5) is 0 Å². The standard InChI is InChI=1S/C19H28N4O2/c1-13-7-18-19(8-14(13)2)23(12-20-18)11-17(25)10-22-6-4-5-16(9-22)21-15(3)24/h7-8,12,16-17,25H,4-6,9-11H2,1-3H3,(H,21,24). The molecule has 2 aromatic rings. The smallest absolute Gasteiger partial charge is 0.217 e. The topological polar surface area (TPSA) is 70.4 Å². The Balaban J connectivity index is 1.62. The molecule has 1 fully saturated rings. The van der Waals surface area contributed by atoms with Gasteiger partial charge in [0.25, 0.3) is 0 Å². The second-order valence-electron chi connectivity index (χ2n) is 7.28.